The summed E-state index contributed by atoms with van der Waals surface area (Å²) in [6.07, 6.45) is 0. The quantitative estimate of drug-likeness (QED) is 0.437. The number of anilines is 1. The molecule has 33 heavy (non-hydrogen) atoms. The number of aromatic nitrogens is 3. The number of amides is 2. The fourth-order valence-electron chi connectivity index (χ4n) is 3.18. The molecule has 0 spiro atoms. The van der Waals surface area contributed by atoms with Gasteiger partial charge in [-0.3, -0.25) is 9.59 Å². The van der Waals surface area contributed by atoms with E-state index in [2.05, 4.69) is 20.8 Å². The monoisotopic (exact) mass is 469 g/mol. The van der Waals surface area contributed by atoms with Crippen molar-refractivity contribution < 1.29 is 19.1 Å². The first-order valence-corrected chi connectivity index (χ1v) is 11.4. The predicted octanol–water partition coefficient (Wildman–Crippen LogP) is 3.54. The SMILES string of the molecule is CCn1c(SCC(=O)Nc2ccccc2OC)nnc1[C@H](C)NC(=O)c1ccc(OC)cc1. The molecule has 2 amide bonds. The summed E-state index contributed by atoms with van der Waals surface area (Å²) in [6.45, 7) is 4.41. The molecular weight excluding hydrogens is 442 g/mol. The van der Waals surface area contributed by atoms with Crippen molar-refractivity contribution in [2.75, 3.05) is 25.3 Å². The summed E-state index contributed by atoms with van der Waals surface area (Å²) in [5, 5.41) is 14.9. The van der Waals surface area contributed by atoms with Gasteiger partial charge in [0.05, 0.1) is 31.7 Å². The van der Waals surface area contributed by atoms with Crippen LogP contribution in [-0.2, 0) is 11.3 Å². The highest BCUT2D eigenvalue weighted by molar-refractivity contribution is 7.99. The Hall–Kier alpha value is -3.53. The summed E-state index contributed by atoms with van der Waals surface area (Å²) in [5.41, 5.74) is 1.13. The van der Waals surface area contributed by atoms with Gasteiger partial charge >= 0.3 is 0 Å². The Balaban J connectivity index is 1.62. The minimum absolute atomic E-state index is 0.156. The number of nitrogens with one attached hydrogen (secondary N) is 2. The van der Waals surface area contributed by atoms with E-state index in [1.54, 1.807) is 50.6 Å². The van der Waals surface area contributed by atoms with Crippen molar-refractivity contribution in [2.24, 2.45) is 0 Å². The van der Waals surface area contributed by atoms with Crippen molar-refractivity contribution in [1.29, 1.82) is 0 Å². The van der Waals surface area contributed by atoms with Crippen LogP contribution in [0.3, 0.4) is 0 Å². The first-order chi connectivity index (χ1) is 16.0. The Morgan fingerprint density at radius 3 is 2.45 bits per heavy atom. The van der Waals surface area contributed by atoms with E-state index in [0.29, 0.717) is 40.3 Å². The minimum atomic E-state index is -0.371. The van der Waals surface area contributed by atoms with Gasteiger partial charge in [0.15, 0.2) is 11.0 Å². The molecule has 0 saturated heterocycles. The van der Waals surface area contributed by atoms with E-state index in [9.17, 15) is 9.59 Å². The largest absolute Gasteiger partial charge is 0.497 e. The van der Waals surface area contributed by atoms with Crippen LogP contribution in [-0.4, -0.2) is 46.6 Å². The average Bonchev–Trinajstić information content (AvgIpc) is 3.26. The third-order valence-electron chi connectivity index (χ3n) is 4.86. The first kappa shape index (κ1) is 24.1. The number of hydrogen-bond acceptors (Lipinski definition) is 7. The van der Waals surface area contributed by atoms with Crippen LogP contribution in [0.25, 0.3) is 0 Å². The fraction of sp³-hybridized carbons (Fsp3) is 0.304. The van der Waals surface area contributed by atoms with Crippen molar-refractivity contribution in [3.05, 3.63) is 59.9 Å². The number of ether oxygens (including phenoxy) is 2. The lowest BCUT2D eigenvalue weighted by Gasteiger charge is -2.15. The third kappa shape index (κ3) is 6.04. The molecule has 174 valence electrons. The summed E-state index contributed by atoms with van der Waals surface area (Å²) in [5.74, 6) is 1.65. The van der Waals surface area contributed by atoms with Gasteiger partial charge < -0.3 is 24.7 Å². The molecule has 0 fully saturated rings. The van der Waals surface area contributed by atoms with Gasteiger partial charge in [-0.1, -0.05) is 23.9 Å². The smallest absolute Gasteiger partial charge is 0.251 e. The normalized spacial score (nSPS) is 11.5. The number of thioether (sulfide) groups is 1. The highest BCUT2D eigenvalue weighted by Gasteiger charge is 2.20. The van der Waals surface area contributed by atoms with Crippen LogP contribution in [0.2, 0.25) is 0 Å². The zero-order valence-corrected chi connectivity index (χ0v) is 19.8. The summed E-state index contributed by atoms with van der Waals surface area (Å²) in [4.78, 5) is 25.0. The van der Waals surface area contributed by atoms with Crippen molar-refractivity contribution in [3.8, 4) is 11.5 Å². The van der Waals surface area contributed by atoms with Gasteiger partial charge in [0.2, 0.25) is 5.91 Å². The Morgan fingerprint density at radius 1 is 1.06 bits per heavy atom. The van der Waals surface area contributed by atoms with Crippen molar-refractivity contribution in [1.82, 2.24) is 20.1 Å². The van der Waals surface area contributed by atoms with Gasteiger partial charge in [0, 0.05) is 12.1 Å². The number of hydrogen-bond donors (Lipinski definition) is 2. The molecule has 0 aliphatic carbocycles. The van der Waals surface area contributed by atoms with Gasteiger partial charge in [0.1, 0.15) is 11.5 Å². The number of carbonyl (C=O) groups excluding carboxylic acids is 2. The Labute approximate surface area is 196 Å². The number of para-hydroxylation sites is 2. The van der Waals surface area contributed by atoms with Gasteiger partial charge in [-0.05, 0) is 50.2 Å². The lowest BCUT2D eigenvalue weighted by molar-refractivity contribution is -0.113. The molecule has 0 unspecified atom stereocenters. The van der Waals surface area contributed by atoms with Gasteiger partial charge in [-0.2, -0.15) is 0 Å². The second-order valence-electron chi connectivity index (χ2n) is 7.05. The number of methoxy groups -OCH3 is 2. The van der Waals surface area contributed by atoms with Crippen LogP contribution in [0, 0.1) is 0 Å². The van der Waals surface area contributed by atoms with Crippen molar-refractivity contribution in [3.63, 3.8) is 0 Å². The topological polar surface area (TPSA) is 107 Å². The molecule has 0 aliphatic heterocycles. The van der Waals surface area contributed by atoms with Gasteiger partial charge in [-0.25, -0.2) is 0 Å². The Kier molecular flexibility index (Phi) is 8.31. The highest BCUT2D eigenvalue weighted by atomic mass is 32.2. The fourth-order valence-corrected chi connectivity index (χ4v) is 3.98. The molecule has 1 aromatic heterocycles. The molecule has 3 rings (SSSR count). The van der Waals surface area contributed by atoms with Crippen LogP contribution in [0.4, 0.5) is 5.69 Å². The standard InChI is InChI=1S/C23H27N5O4S/c1-5-28-21(15(2)24-22(30)16-10-12-17(31-3)13-11-16)26-27-23(28)33-14-20(29)25-18-8-6-7-9-19(18)32-4/h6-13,15H,5,14H2,1-4H3,(H,24,30)(H,25,29)/t15-/m0/s1. The number of carbonyl (C=O) groups is 2. The van der Waals surface area contributed by atoms with Crippen LogP contribution in [0.1, 0.15) is 36.1 Å². The molecule has 0 bridgehead atoms. The van der Waals surface area contributed by atoms with Gasteiger partial charge in [-0.15, -0.1) is 10.2 Å². The van der Waals surface area contributed by atoms with E-state index in [1.807, 2.05) is 30.5 Å². The molecule has 0 radical (unpaired) electrons. The van der Waals surface area contributed by atoms with E-state index < -0.39 is 0 Å². The van der Waals surface area contributed by atoms with Crippen LogP contribution < -0.4 is 20.1 Å². The predicted molar refractivity (Wildman–Crippen MR) is 127 cm³/mol. The molecule has 0 aliphatic rings. The molecule has 3 aromatic rings. The molecule has 10 heteroatoms. The van der Waals surface area contributed by atoms with Crippen LogP contribution in [0.15, 0.2) is 53.7 Å². The van der Waals surface area contributed by atoms with E-state index in [1.165, 1.54) is 11.8 Å². The maximum Gasteiger partial charge on any atom is 0.251 e. The van der Waals surface area contributed by atoms with Crippen LogP contribution in [0.5, 0.6) is 11.5 Å². The lowest BCUT2D eigenvalue weighted by Crippen LogP contribution is -2.28. The zero-order valence-electron chi connectivity index (χ0n) is 19.0. The maximum absolute atomic E-state index is 12.6. The van der Waals surface area contributed by atoms with E-state index in [0.717, 1.165) is 0 Å². The lowest BCUT2D eigenvalue weighted by atomic mass is 10.2. The first-order valence-electron chi connectivity index (χ1n) is 10.4. The second-order valence-corrected chi connectivity index (χ2v) is 7.99. The van der Waals surface area contributed by atoms with Crippen LogP contribution >= 0.6 is 11.8 Å². The number of benzene rings is 2. The summed E-state index contributed by atoms with van der Waals surface area (Å²) >= 11 is 1.28. The highest BCUT2D eigenvalue weighted by Crippen LogP contribution is 2.25. The number of rotatable bonds is 10. The molecule has 0 saturated carbocycles. The summed E-state index contributed by atoms with van der Waals surface area (Å²) in [7, 11) is 3.13. The summed E-state index contributed by atoms with van der Waals surface area (Å²) < 4.78 is 12.3. The van der Waals surface area contributed by atoms with Crippen molar-refractivity contribution >= 4 is 29.3 Å². The van der Waals surface area contributed by atoms with E-state index >= 15 is 0 Å². The molecule has 2 aromatic carbocycles. The second kappa shape index (κ2) is 11.4. The Morgan fingerprint density at radius 2 is 1.79 bits per heavy atom. The third-order valence-corrected chi connectivity index (χ3v) is 5.83. The number of nitrogens with zero attached hydrogens (tertiary/aromatic N) is 3. The zero-order chi connectivity index (χ0) is 23.8. The molecule has 1 heterocycles. The summed E-state index contributed by atoms with van der Waals surface area (Å²) in [6, 6.07) is 13.7. The molecule has 9 nitrogen and oxygen atoms in total. The average molecular weight is 470 g/mol. The van der Waals surface area contributed by atoms with Crippen molar-refractivity contribution in [2.45, 2.75) is 31.6 Å². The molecule has 2 N–H and O–H groups in total. The maximum atomic E-state index is 12.6. The molecular formula is C23H27N5O4S. The minimum Gasteiger partial charge on any atom is -0.497 e. The Bertz CT molecular complexity index is 1100. The van der Waals surface area contributed by atoms with Gasteiger partial charge in [0.25, 0.3) is 5.91 Å². The van der Waals surface area contributed by atoms with E-state index in [-0.39, 0.29) is 23.6 Å². The van der Waals surface area contributed by atoms with E-state index in [4.69, 9.17) is 9.47 Å². The molecule has 1 atom stereocenters.